The Balaban J connectivity index is 2.07. The van der Waals surface area contributed by atoms with E-state index in [2.05, 4.69) is 12.2 Å². The molecule has 1 saturated heterocycles. The molecule has 0 spiro atoms. The molecular weight excluding hydrogens is 244 g/mol. The van der Waals surface area contributed by atoms with E-state index in [9.17, 15) is 4.79 Å². The van der Waals surface area contributed by atoms with Crippen LogP contribution in [0.2, 0.25) is 0 Å². The first-order valence-electron chi connectivity index (χ1n) is 6.45. The van der Waals surface area contributed by atoms with Crippen molar-refractivity contribution in [3.63, 3.8) is 0 Å². The minimum absolute atomic E-state index is 0.141. The quantitative estimate of drug-likeness (QED) is 0.726. The van der Waals surface area contributed by atoms with Crippen molar-refractivity contribution < 1.29 is 14.6 Å². The number of hydrogen-bond acceptors (Lipinski definition) is 4. The molecule has 1 heterocycles. The van der Waals surface area contributed by atoms with Gasteiger partial charge in [-0.05, 0) is 30.4 Å². The molecule has 1 aliphatic rings. The zero-order valence-corrected chi connectivity index (χ0v) is 11.1. The molecule has 4 N–H and O–H groups in total. The monoisotopic (exact) mass is 264 g/mol. The zero-order valence-electron chi connectivity index (χ0n) is 11.1. The lowest BCUT2D eigenvalue weighted by Gasteiger charge is -2.34. The van der Waals surface area contributed by atoms with Crippen LogP contribution in [0, 0.1) is 5.41 Å². The van der Waals surface area contributed by atoms with E-state index in [1.165, 1.54) is 6.07 Å². The Bertz CT molecular complexity index is 468. The van der Waals surface area contributed by atoms with E-state index in [4.69, 9.17) is 15.6 Å². The van der Waals surface area contributed by atoms with E-state index in [0.717, 1.165) is 32.6 Å². The summed E-state index contributed by atoms with van der Waals surface area (Å²) >= 11 is 0. The Labute approximate surface area is 112 Å². The third kappa shape index (κ3) is 3.17. The van der Waals surface area contributed by atoms with E-state index < -0.39 is 5.97 Å². The van der Waals surface area contributed by atoms with Crippen molar-refractivity contribution in [3.8, 4) is 0 Å². The molecule has 0 radical (unpaired) electrons. The van der Waals surface area contributed by atoms with Gasteiger partial charge >= 0.3 is 5.97 Å². The number of aromatic carboxylic acids is 1. The van der Waals surface area contributed by atoms with Gasteiger partial charge in [0, 0.05) is 19.8 Å². The second kappa shape index (κ2) is 5.48. The van der Waals surface area contributed by atoms with Crippen LogP contribution in [0.4, 0.5) is 11.4 Å². The van der Waals surface area contributed by atoms with Gasteiger partial charge in [0.25, 0.3) is 0 Å². The second-order valence-corrected chi connectivity index (χ2v) is 5.35. The average molecular weight is 264 g/mol. The molecule has 0 aliphatic carbocycles. The van der Waals surface area contributed by atoms with Gasteiger partial charge in [0.1, 0.15) is 0 Å². The van der Waals surface area contributed by atoms with Gasteiger partial charge in [-0.15, -0.1) is 0 Å². The Morgan fingerprint density at radius 1 is 1.47 bits per heavy atom. The number of ether oxygens (including phenoxy) is 1. The number of anilines is 2. The molecule has 0 aromatic heterocycles. The number of hydrogen-bond donors (Lipinski definition) is 3. The highest BCUT2D eigenvalue weighted by Crippen LogP contribution is 2.31. The van der Waals surface area contributed by atoms with Gasteiger partial charge in [-0.25, -0.2) is 4.79 Å². The first-order chi connectivity index (χ1) is 9.02. The minimum Gasteiger partial charge on any atom is -0.478 e. The molecule has 19 heavy (non-hydrogen) atoms. The van der Waals surface area contributed by atoms with Crippen LogP contribution in [0.25, 0.3) is 0 Å². The first-order valence-corrected chi connectivity index (χ1v) is 6.45. The van der Waals surface area contributed by atoms with Crippen LogP contribution >= 0.6 is 0 Å². The topological polar surface area (TPSA) is 84.6 Å². The van der Waals surface area contributed by atoms with Crippen LogP contribution < -0.4 is 11.1 Å². The first kappa shape index (κ1) is 13.7. The lowest BCUT2D eigenvalue weighted by Crippen LogP contribution is -2.33. The number of carboxylic acid groups (broad SMARTS) is 1. The molecule has 0 atom stereocenters. The molecule has 0 saturated carbocycles. The number of benzene rings is 1. The number of para-hydroxylation sites is 1. The van der Waals surface area contributed by atoms with Gasteiger partial charge in [0.15, 0.2) is 0 Å². The van der Waals surface area contributed by atoms with Crippen LogP contribution in [-0.4, -0.2) is 30.8 Å². The molecule has 0 bridgehead atoms. The van der Waals surface area contributed by atoms with Gasteiger partial charge in [-0.1, -0.05) is 13.0 Å². The van der Waals surface area contributed by atoms with Crippen LogP contribution in [0.1, 0.15) is 30.1 Å². The maximum atomic E-state index is 11.0. The van der Waals surface area contributed by atoms with E-state index in [-0.39, 0.29) is 11.0 Å². The molecule has 5 nitrogen and oxygen atoms in total. The maximum Gasteiger partial charge on any atom is 0.337 e. The molecule has 2 rings (SSSR count). The van der Waals surface area contributed by atoms with Gasteiger partial charge in [0.05, 0.1) is 16.9 Å². The molecule has 1 aliphatic heterocycles. The lowest BCUT2D eigenvalue weighted by atomic mass is 9.82. The summed E-state index contributed by atoms with van der Waals surface area (Å²) in [6.07, 6.45) is 2.00. The third-order valence-corrected chi connectivity index (χ3v) is 3.74. The molecule has 0 unspecified atom stereocenters. The molecule has 5 heteroatoms. The zero-order chi connectivity index (χ0) is 13.9. The SMILES string of the molecule is CC1(CNc2cccc(C(=O)O)c2N)CCOCC1. The fraction of sp³-hybridized carbons (Fsp3) is 0.500. The Morgan fingerprint density at radius 2 is 2.16 bits per heavy atom. The molecule has 104 valence electrons. The molecular formula is C14H20N2O3. The van der Waals surface area contributed by atoms with E-state index in [1.54, 1.807) is 6.07 Å². The van der Waals surface area contributed by atoms with Crippen molar-refractivity contribution in [1.29, 1.82) is 0 Å². The summed E-state index contributed by atoms with van der Waals surface area (Å²) in [6, 6.07) is 5.03. The number of nitrogen functional groups attached to an aromatic ring is 1. The van der Waals surface area contributed by atoms with Crippen molar-refractivity contribution in [2.24, 2.45) is 5.41 Å². The van der Waals surface area contributed by atoms with Crippen molar-refractivity contribution in [1.82, 2.24) is 0 Å². The fourth-order valence-electron chi connectivity index (χ4n) is 2.26. The van der Waals surface area contributed by atoms with Gasteiger partial charge in [-0.2, -0.15) is 0 Å². The smallest absolute Gasteiger partial charge is 0.337 e. The normalized spacial score (nSPS) is 17.9. The van der Waals surface area contributed by atoms with E-state index in [0.29, 0.717) is 11.4 Å². The summed E-state index contributed by atoms with van der Waals surface area (Å²) in [5.74, 6) is -1.00. The molecule has 1 aromatic carbocycles. The standard InChI is InChI=1S/C14H20N2O3/c1-14(5-7-19-8-6-14)9-16-11-4-2-3-10(12(11)15)13(17)18/h2-4,16H,5-9,15H2,1H3,(H,17,18). The Morgan fingerprint density at radius 3 is 2.79 bits per heavy atom. The minimum atomic E-state index is -1.00. The molecule has 1 aromatic rings. The highest BCUT2D eigenvalue weighted by Gasteiger charge is 2.27. The van der Waals surface area contributed by atoms with E-state index in [1.807, 2.05) is 6.07 Å². The van der Waals surface area contributed by atoms with Crippen molar-refractivity contribution in [2.75, 3.05) is 30.8 Å². The predicted molar refractivity (Wildman–Crippen MR) is 74.5 cm³/mol. The summed E-state index contributed by atoms with van der Waals surface area (Å²) in [5.41, 5.74) is 7.17. The predicted octanol–water partition coefficient (Wildman–Crippen LogP) is 2.20. The highest BCUT2D eigenvalue weighted by molar-refractivity contribution is 5.97. The molecule has 1 fully saturated rings. The van der Waals surface area contributed by atoms with Gasteiger partial charge < -0.3 is 20.9 Å². The number of rotatable bonds is 4. The average Bonchev–Trinajstić information content (AvgIpc) is 2.38. The van der Waals surface area contributed by atoms with E-state index >= 15 is 0 Å². The summed E-state index contributed by atoms with van der Waals surface area (Å²) in [7, 11) is 0. The van der Waals surface area contributed by atoms with Crippen LogP contribution in [0.15, 0.2) is 18.2 Å². The number of nitrogens with two attached hydrogens (primary N) is 1. The maximum absolute atomic E-state index is 11.0. The summed E-state index contributed by atoms with van der Waals surface area (Å²) in [4.78, 5) is 11.0. The largest absolute Gasteiger partial charge is 0.478 e. The summed E-state index contributed by atoms with van der Waals surface area (Å²) < 4.78 is 5.36. The van der Waals surface area contributed by atoms with Crippen LogP contribution in [-0.2, 0) is 4.74 Å². The van der Waals surface area contributed by atoms with Gasteiger partial charge in [-0.3, -0.25) is 0 Å². The Kier molecular flexibility index (Phi) is 3.95. The van der Waals surface area contributed by atoms with Crippen molar-refractivity contribution in [2.45, 2.75) is 19.8 Å². The molecule has 0 amide bonds. The lowest BCUT2D eigenvalue weighted by molar-refractivity contribution is 0.0300. The van der Waals surface area contributed by atoms with Gasteiger partial charge in [0.2, 0.25) is 0 Å². The van der Waals surface area contributed by atoms with Crippen molar-refractivity contribution >= 4 is 17.3 Å². The van der Waals surface area contributed by atoms with Crippen LogP contribution in [0.3, 0.4) is 0 Å². The number of carboxylic acids is 1. The summed E-state index contributed by atoms with van der Waals surface area (Å²) in [5, 5.41) is 12.3. The number of carbonyl (C=O) groups is 1. The Hall–Kier alpha value is -1.75. The fourth-order valence-corrected chi connectivity index (χ4v) is 2.26. The number of nitrogens with one attached hydrogen (secondary N) is 1. The van der Waals surface area contributed by atoms with Crippen molar-refractivity contribution in [3.05, 3.63) is 23.8 Å². The highest BCUT2D eigenvalue weighted by atomic mass is 16.5. The third-order valence-electron chi connectivity index (χ3n) is 3.74. The second-order valence-electron chi connectivity index (χ2n) is 5.35. The summed E-state index contributed by atoms with van der Waals surface area (Å²) in [6.45, 7) is 4.54. The van der Waals surface area contributed by atoms with Crippen LogP contribution in [0.5, 0.6) is 0 Å².